The Bertz CT molecular complexity index is 491. The van der Waals surface area contributed by atoms with E-state index in [1.165, 1.54) is 12.1 Å². The predicted molar refractivity (Wildman–Crippen MR) is 64.2 cm³/mol. The lowest BCUT2D eigenvalue weighted by atomic mass is 10.2. The van der Waals surface area contributed by atoms with Gasteiger partial charge in [-0.05, 0) is 30.7 Å². The van der Waals surface area contributed by atoms with Crippen molar-refractivity contribution >= 4 is 11.0 Å². The van der Waals surface area contributed by atoms with Crippen molar-refractivity contribution in [3.8, 4) is 0 Å². The molecule has 0 aliphatic carbocycles. The molecule has 0 fully saturated rings. The topological polar surface area (TPSA) is 45.4 Å². The molecule has 4 heteroatoms. The molecular formula is C13H16FNO2. The Hall–Kier alpha value is -1.39. The van der Waals surface area contributed by atoms with Crippen molar-refractivity contribution in [3.05, 3.63) is 35.8 Å². The lowest BCUT2D eigenvalue weighted by Gasteiger charge is -2.11. The van der Waals surface area contributed by atoms with Crippen molar-refractivity contribution in [2.75, 3.05) is 6.61 Å². The second-order valence-corrected chi connectivity index (χ2v) is 4.06. The molecule has 2 N–H and O–H groups in total. The highest BCUT2D eigenvalue weighted by Crippen LogP contribution is 2.20. The molecule has 1 unspecified atom stereocenters. The number of halogens is 1. The summed E-state index contributed by atoms with van der Waals surface area (Å²) in [5, 5.41) is 13.0. The number of benzene rings is 1. The molecule has 0 amide bonds. The van der Waals surface area contributed by atoms with Gasteiger partial charge < -0.3 is 14.8 Å². The van der Waals surface area contributed by atoms with Crippen LogP contribution < -0.4 is 5.32 Å². The molecule has 2 aromatic rings. The van der Waals surface area contributed by atoms with E-state index in [-0.39, 0.29) is 18.5 Å². The number of aliphatic hydroxyl groups excluding tert-OH is 1. The van der Waals surface area contributed by atoms with Crippen LogP contribution in [0.4, 0.5) is 4.39 Å². The fraction of sp³-hybridized carbons (Fsp3) is 0.385. The van der Waals surface area contributed by atoms with Crippen molar-refractivity contribution in [3.63, 3.8) is 0 Å². The summed E-state index contributed by atoms with van der Waals surface area (Å²) in [5.41, 5.74) is 0.681. The maximum atomic E-state index is 13.0. The standard InChI is InChI=1S/C13H16FNO2/c1-2-11(8-16)15-7-12-6-9-5-10(14)3-4-13(9)17-12/h3-6,11,15-16H,2,7-8H2,1H3. The molecule has 0 spiro atoms. The first-order chi connectivity index (χ1) is 8.22. The summed E-state index contributed by atoms with van der Waals surface area (Å²) in [6, 6.07) is 6.34. The van der Waals surface area contributed by atoms with Gasteiger partial charge in [0.15, 0.2) is 0 Å². The zero-order chi connectivity index (χ0) is 12.3. The molecule has 0 radical (unpaired) electrons. The van der Waals surface area contributed by atoms with Crippen molar-refractivity contribution in [1.29, 1.82) is 0 Å². The number of fused-ring (bicyclic) bond motifs is 1. The molecule has 1 aromatic carbocycles. The van der Waals surface area contributed by atoms with Crippen LogP contribution in [0.25, 0.3) is 11.0 Å². The molecular weight excluding hydrogens is 221 g/mol. The Morgan fingerprint density at radius 3 is 2.94 bits per heavy atom. The van der Waals surface area contributed by atoms with E-state index in [1.54, 1.807) is 6.07 Å². The lowest BCUT2D eigenvalue weighted by molar-refractivity contribution is 0.236. The van der Waals surface area contributed by atoms with Gasteiger partial charge in [-0.2, -0.15) is 0 Å². The van der Waals surface area contributed by atoms with E-state index in [0.717, 1.165) is 17.6 Å². The molecule has 92 valence electrons. The molecule has 0 bridgehead atoms. The fourth-order valence-electron chi connectivity index (χ4n) is 1.74. The number of hydrogen-bond donors (Lipinski definition) is 2. The Labute approximate surface area is 99.2 Å². The van der Waals surface area contributed by atoms with E-state index in [1.807, 2.05) is 13.0 Å². The monoisotopic (exact) mass is 237 g/mol. The molecule has 2 rings (SSSR count). The predicted octanol–water partition coefficient (Wildman–Crippen LogP) is 2.43. The minimum absolute atomic E-state index is 0.0694. The number of hydrogen-bond acceptors (Lipinski definition) is 3. The average Bonchev–Trinajstić information content (AvgIpc) is 2.72. The summed E-state index contributed by atoms with van der Waals surface area (Å²) in [7, 11) is 0. The third kappa shape index (κ3) is 2.84. The molecule has 1 aromatic heterocycles. The van der Waals surface area contributed by atoms with Crippen LogP contribution in [0, 0.1) is 5.82 Å². The number of nitrogens with one attached hydrogen (secondary N) is 1. The summed E-state index contributed by atoms with van der Waals surface area (Å²) >= 11 is 0. The Morgan fingerprint density at radius 2 is 2.24 bits per heavy atom. The van der Waals surface area contributed by atoms with Gasteiger partial charge in [-0.25, -0.2) is 4.39 Å². The molecule has 3 nitrogen and oxygen atoms in total. The average molecular weight is 237 g/mol. The van der Waals surface area contributed by atoms with E-state index in [9.17, 15) is 4.39 Å². The molecule has 0 saturated heterocycles. The highest BCUT2D eigenvalue weighted by atomic mass is 19.1. The van der Waals surface area contributed by atoms with Gasteiger partial charge in [0.05, 0.1) is 13.2 Å². The van der Waals surface area contributed by atoms with Crippen LogP contribution in [0.2, 0.25) is 0 Å². The summed E-state index contributed by atoms with van der Waals surface area (Å²) in [6.07, 6.45) is 0.853. The number of rotatable bonds is 5. The highest BCUT2D eigenvalue weighted by molar-refractivity contribution is 5.77. The first-order valence-corrected chi connectivity index (χ1v) is 5.75. The highest BCUT2D eigenvalue weighted by Gasteiger charge is 2.07. The molecule has 0 saturated carbocycles. The van der Waals surface area contributed by atoms with E-state index >= 15 is 0 Å². The zero-order valence-electron chi connectivity index (χ0n) is 9.74. The van der Waals surface area contributed by atoms with Gasteiger partial charge >= 0.3 is 0 Å². The summed E-state index contributed by atoms with van der Waals surface area (Å²) in [5.74, 6) is 0.483. The van der Waals surface area contributed by atoms with Gasteiger partial charge in [-0.1, -0.05) is 6.92 Å². The van der Waals surface area contributed by atoms with Crippen molar-refractivity contribution in [1.82, 2.24) is 5.32 Å². The molecule has 1 heterocycles. The maximum Gasteiger partial charge on any atom is 0.134 e. The summed E-state index contributed by atoms with van der Waals surface area (Å²) < 4.78 is 18.5. The summed E-state index contributed by atoms with van der Waals surface area (Å²) in [4.78, 5) is 0. The Morgan fingerprint density at radius 1 is 1.41 bits per heavy atom. The van der Waals surface area contributed by atoms with Gasteiger partial charge in [-0.3, -0.25) is 0 Å². The van der Waals surface area contributed by atoms with Crippen LogP contribution in [-0.2, 0) is 6.54 Å². The normalized spacial score (nSPS) is 13.1. The third-order valence-electron chi connectivity index (χ3n) is 2.81. The van der Waals surface area contributed by atoms with Crippen molar-refractivity contribution in [2.45, 2.75) is 25.9 Å². The SMILES string of the molecule is CCC(CO)NCc1cc2cc(F)ccc2o1. The third-order valence-corrected chi connectivity index (χ3v) is 2.81. The molecule has 1 atom stereocenters. The quantitative estimate of drug-likeness (QED) is 0.839. The van der Waals surface area contributed by atoms with Crippen molar-refractivity contribution < 1.29 is 13.9 Å². The molecule has 0 aliphatic rings. The first-order valence-electron chi connectivity index (χ1n) is 5.75. The van der Waals surface area contributed by atoms with E-state index < -0.39 is 0 Å². The fourth-order valence-corrected chi connectivity index (χ4v) is 1.74. The lowest BCUT2D eigenvalue weighted by Crippen LogP contribution is -2.30. The van der Waals surface area contributed by atoms with Crippen LogP contribution in [0.15, 0.2) is 28.7 Å². The van der Waals surface area contributed by atoms with Crippen LogP contribution in [0.5, 0.6) is 0 Å². The molecule has 0 aliphatic heterocycles. The zero-order valence-corrected chi connectivity index (χ0v) is 9.74. The first kappa shape index (κ1) is 12.1. The van der Waals surface area contributed by atoms with Gasteiger partial charge in [0, 0.05) is 11.4 Å². The second kappa shape index (κ2) is 5.29. The van der Waals surface area contributed by atoms with Gasteiger partial charge in [0.2, 0.25) is 0 Å². The Kier molecular flexibility index (Phi) is 3.76. The Balaban J connectivity index is 2.09. The van der Waals surface area contributed by atoms with Crippen LogP contribution in [-0.4, -0.2) is 17.8 Å². The minimum atomic E-state index is -0.264. The van der Waals surface area contributed by atoms with Gasteiger partial charge in [-0.15, -0.1) is 0 Å². The van der Waals surface area contributed by atoms with E-state index in [2.05, 4.69) is 5.32 Å². The largest absolute Gasteiger partial charge is 0.460 e. The van der Waals surface area contributed by atoms with Gasteiger partial charge in [0.25, 0.3) is 0 Å². The van der Waals surface area contributed by atoms with Crippen molar-refractivity contribution in [2.24, 2.45) is 0 Å². The maximum absolute atomic E-state index is 13.0. The van der Waals surface area contributed by atoms with Crippen LogP contribution >= 0.6 is 0 Å². The van der Waals surface area contributed by atoms with Gasteiger partial charge in [0.1, 0.15) is 17.2 Å². The number of aliphatic hydroxyl groups is 1. The minimum Gasteiger partial charge on any atom is -0.460 e. The second-order valence-electron chi connectivity index (χ2n) is 4.06. The smallest absolute Gasteiger partial charge is 0.134 e. The van der Waals surface area contributed by atoms with Crippen LogP contribution in [0.1, 0.15) is 19.1 Å². The summed E-state index contributed by atoms with van der Waals surface area (Å²) in [6.45, 7) is 2.64. The van der Waals surface area contributed by atoms with Crippen LogP contribution in [0.3, 0.4) is 0 Å². The molecule has 17 heavy (non-hydrogen) atoms. The van der Waals surface area contributed by atoms with E-state index in [0.29, 0.717) is 12.1 Å². The number of furan rings is 1. The van der Waals surface area contributed by atoms with E-state index in [4.69, 9.17) is 9.52 Å².